The Labute approximate surface area is 123 Å². The highest BCUT2D eigenvalue weighted by atomic mass is 32.2. The van der Waals surface area contributed by atoms with Crippen molar-refractivity contribution >= 4 is 21.4 Å². The molecule has 1 saturated heterocycles. The number of nitrogens with one attached hydrogen (secondary N) is 1. The molecular weight excluding hydrogens is 323 g/mol. The third-order valence-corrected chi connectivity index (χ3v) is 5.05. The van der Waals surface area contributed by atoms with Crippen molar-refractivity contribution in [1.82, 2.24) is 19.6 Å². The monoisotopic (exact) mass is 335 g/mol. The molecule has 0 spiro atoms. The van der Waals surface area contributed by atoms with Crippen LogP contribution in [0.2, 0.25) is 0 Å². The van der Waals surface area contributed by atoms with Gasteiger partial charge in [-0.15, -0.1) is 5.10 Å². The number of aromatic nitrogens is 4. The molecule has 0 saturated carbocycles. The molecule has 1 N–H and O–H groups in total. The van der Waals surface area contributed by atoms with E-state index in [0.717, 1.165) is 4.52 Å². The van der Waals surface area contributed by atoms with Crippen molar-refractivity contribution in [3.8, 4) is 0 Å². The predicted molar refractivity (Wildman–Crippen MR) is 71.2 cm³/mol. The molecule has 1 aliphatic heterocycles. The molecule has 3 rings (SSSR count). The van der Waals surface area contributed by atoms with Crippen LogP contribution >= 0.6 is 0 Å². The number of anilines is 1. The van der Waals surface area contributed by atoms with Crippen LogP contribution in [0.4, 0.5) is 19.0 Å². The summed E-state index contributed by atoms with van der Waals surface area (Å²) in [4.78, 5) is 7.27. The minimum absolute atomic E-state index is 0.0586. The highest BCUT2D eigenvalue weighted by Gasteiger charge is 2.37. The van der Waals surface area contributed by atoms with Gasteiger partial charge in [0.15, 0.2) is 9.84 Å². The second-order valence-corrected chi connectivity index (χ2v) is 7.40. The van der Waals surface area contributed by atoms with Crippen molar-refractivity contribution in [3.05, 3.63) is 17.6 Å². The first-order valence-corrected chi connectivity index (χ1v) is 8.25. The van der Waals surface area contributed by atoms with E-state index < -0.39 is 21.8 Å². The van der Waals surface area contributed by atoms with Crippen LogP contribution < -0.4 is 5.32 Å². The summed E-state index contributed by atoms with van der Waals surface area (Å²) in [5.41, 5.74) is 0.456. The molecule has 0 unspecified atom stereocenters. The fourth-order valence-corrected chi connectivity index (χ4v) is 4.00. The van der Waals surface area contributed by atoms with Crippen LogP contribution in [0.5, 0.6) is 0 Å². The van der Waals surface area contributed by atoms with Gasteiger partial charge in [-0.1, -0.05) is 0 Å². The first kappa shape index (κ1) is 15.0. The van der Waals surface area contributed by atoms with Crippen LogP contribution in [-0.4, -0.2) is 45.5 Å². The molecule has 0 amide bonds. The van der Waals surface area contributed by atoms with E-state index in [0.29, 0.717) is 12.1 Å². The Kier molecular flexibility index (Phi) is 3.27. The maximum Gasteiger partial charge on any atom is 0.453 e. The molecule has 3 heterocycles. The van der Waals surface area contributed by atoms with Crippen LogP contribution in [0, 0.1) is 6.92 Å². The molecule has 22 heavy (non-hydrogen) atoms. The molecule has 120 valence electrons. The molecule has 0 radical (unpaired) electrons. The second kappa shape index (κ2) is 4.80. The standard InChI is InChI=1S/C11H12F3N5O2S/c1-6-4-8(16-7-2-3-22(20,21)5-7)19-10(15-6)17-9(18-19)11(12,13)14/h4,7,16H,2-3,5H2,1H3/t7-/m1/s1. The number of hydrogen-bond donors (Lipinski definition) is 1. The van der Waals surface area contributed by atoms with Crippen LogP contribution in [-0.2, 0) is 16.0 Å². The number of sulfone groups is 1. The average Bonchev–Trinajstić information content (AvgIpc) is 2.92. The molecule has 2 aromatic heterocycles. The smallest absolute Gasteiger partial charge is 0.366 e. The topological polar surface area (TPSA) is 89.2 Å². The fraction of sp³-hybridized carbons (Fsp3) is 0.545. The maximum atomic E-state index is 12.7. The summed E-state index contributed by atoms with van der Waals surface area (Å²) in [6, 6.07) is 1.14. The number of alkyl halides is 3. The number of aryl methyl sites for hydroxylation is 1. The first-order valence-electron chi connectivity index (χ1n) is 6.43. The van der Waals surface area contributed by atoms with Gasteiger partial charge in [-0.2, -0.15) is 22.7 Å². The highest BCUT2D eigenvalue weighted by molar-refractivity contribution is 7.91. The molecule has 0 aliphatic carbocycles. The molecule has 2 aromatic rings. The lowest BCUT2D eigenvalue weighted by Crippen LogP contribution is -2.22. The third kappa shape index (κ3) is 2.85. The minimum atomic E-state index is -4.67. The Bertz CT molecular complexity index is 830. The predicted octanol–water partition coefficient (Wildman–Crippen LogP) is 1.05. The number of fused-ring (bicyclic) bond motifs is 1. The largest absolute Gasteiger partial charge is 0.453 e. The van der Waals surface area contributed by atoms with Crippen LogP contribution in [0.25, 0.3) is 5.78 Å². The molecule has 1 aliphatic rings. The van der Waals surface area contributed by atoms with E-state index in [9.17, 15) is 21.6 Å². The number of rotatable bonds is 2. The normalized spacial score (nSPS) is 21.4. The molecule has 7 nitrogen and oxygen atoms in total. The lowest BCUT2D eigenvalue weighted by atomic mass is 10.2. The van der Waals surface area contributed by atoms with Gasteiger partial charge in [-0.25, -0.2) is 13.4 Å². The van der Waals surface area contributed by atoms with Gasteiger partial charge in [0, 0.05) is 17.8 Å². The van der Waals surface area contributed by atoms with Gasteiger partial charge >= 0.3 is 6.18 Å². The Balaban J connectivity index is 2.00. The number of hydrogen-bond acceptors (Lipinski definition) is 6. The van der Waals surface area contributed by atoms with Gasteiger partial charge in [0.2, 0.25) is 0 Å². The van der Waals surface area contributed by atoms with Crippen molar-refractivity contribution in [2.75, 3.05) is 16.8 Å². The summed E-state index contributed by atoms with van der Waals surface area (Å²) in [6.07, 6.45) is -4.28. The van der Waals surface area contributed by atoms with Gasteiger partial charge in [0.1, 0.15) is 5.82 Å². The first-order chi connectivity index (χ1) is 10.1. The van der Waals surface area contributed by atoms with E-state index in [4.69, 9.17) is 0 Å². The second-order valence-electron chi connectivity index (χ2n) is 5.17. The zero-order valence-electron chi connectivity index (χ0n) is 11.4. The maximum absolute atomic E-state index is 12.7. The molecule has 1 fully saturated rings. The van der Waals surface area contributed by atoms with Crippen LogP contribution in [0.15, 0.2) is 6.07 Å². The molecule has 1 atom stereocenters. The average molecular weight is 335 g/mol. The van der Waals surface area contributed by atoms with Gasteiger partial charge in [0.05, 0.1) is 11.5 Å². The summed E-state index contributed by atoms with van der Waals surface area (Å²) in [7, 11) is -3.10. The molecule has 0 bridgehead atoms. The summed E-state index contributed by atoms with van der Waals surface area (Å²) >= 11 is 0. The summed E-state index contributed by atoms with van der Waals surface area (Å²) in [5.74, 6) is -1.23. The quantitative estimate of drug-likeness (QED) is 0.882. The molecular formula is C11H12F3N5O2S. The van der Waals surface area contributed by atoms with Crippen LogP contribution in [0.1, 0.15) is 17.9 Å². The number of nitrogens with zero attached hydrogens (tertiary/aromatic N) is 4. The van der Waals surface area contributed by atoms with E-state index in [1.807, 2.05) is 0 Å². The summed E-state index contributed by atoms with van der Waals surface area (Å²) < 4.78 is 62.0. The highest BCUT2D eigenvalue weighted by Crippen LogP contribution is 2.27. The van der Waals surface area contributed by atoms with Crippen molar-refractivity contribution < 1.29 is 21.6 Å². The van der Waals surface area contributed by atoms with E-state index in [2.05, 4.69) is 20.4 Å². The van der Waals surface area contributed by atoms with Crippen molar-refractivity contribution in [2.45, 2.75) is 25.6 Å². The lowest BCUT2D eigenvalue weighted by molar-refractivity contribution is -0.144. The zero-order valence-corrected chi connectivity index (χ0v) is 12.2. The zero-order chi connectivity index (χ0) is 16.1. The Morgan fingerprint density at radius 3 is 2.68 bits per heavy atom. The summed E-state index contributed by atoms with van der Waals surface area (Å²) in [5, 5.41) is 6.33. The Morgan fingerprint density at radius 1 is 1.36 bits per heavy atom. The summed E-state index contributed by atoms with van der Waals surface area (Å²) in [6.45, 7) is 1.61. The van der Waals surface area contributed by atoms with Crippen molar-refractivity contribution in [1.29, 1.82) is 0 Å². The van der Waals surface area contributed by atoms with E-state index in [-0.39, 0.29) is 29.1 Å². The fourth-order valence-electron chi connectivity index (χ4n) is 2.33. The number of halogens is 3. The van der Waals surface area contributed by atoms with E-state index in [1.165, 1.54) is 6.07 Å². The molecule has 11 heteroatoms. The minimum Gasteiger partial charge on any atom is -0.366 e. The van der Waals surface area contributed by atoms with Crippen molar-refractivity contribution in [3.63, 3.8) is 0 Å². The van der Waals surface area contributed by atoms with Gasteiger partial charge in [-0.05, 0) is 13.3 Å². The van der Waals surface area contributed by atoms with Crippen LogP contribution in [0.3, 0.4) is 0 Å². The van der Waals surface area contributed by atoms with Gasteiger partial charge < -0.3 is 5.32 Å². The van der Waals surface area contributed by atoms with E-state index >= 15 is 0 Å². The SMILES string of the molecule is Cc1cc(N[C@@H]2CCS(=O)(=O)C2)n2nc(C(F)(F)F)nc2n1. The molecule has 0 aromatic carbocycles. The van der Waals surface area contributed by atoms with Gasteiger partial charge in [0.25, 0.3) is 11.6 Å². The lowest BCUT2D eigenvalue weighted by Gasteiger charge is -2.13. The Morgan fingerprint density at radius 2 is 2.09 bits per heavy atom. The van der Waals surface area contributed by atoms with E-state index in [1.54, 1.807) is 6.92 Å². The Hall–Kier alpha value is -1.91. The van der Waals surface area contributed by atoms with Gasteiger partial charge in [-0.3, -0.25) is 0 Å². The third-order valence-electron chi connectivity index (χ3n) is 3.28. The van der Waals surface area contributed by atoms with Crippen molar-refractivity contribution in [2.24, 2.45) is 0 Å².